The van der Waals surface area contributed by atoms with Gasteiger partial charge in [0.15, 0.2) is 5.16 Å². The molecule has 0 saturated heterocycles. The summed E-state index contributed by atoms with van der Waals surface area (Å²) >= 11 is 13.5. The zero-order valence-electron chi connectivity index (χ0n) is 13.8. The number of carbonyl (C=O) groups excluding carboxylic acids is 1. The van der Waals surface area contributed by atoms with Gasteiger partial charge >= 0.3 is 0 Å². The molecule has 1 aliphatic rings. The van der Waals surface area contributed by atoms with Crippen LogP contribution in [-0.4, -0.2) is 21.2 Å². The Morgan fingerprint density at radius 1 is 1.44 bits per heavy atom. The molecule has 1 aromatic carbocycles. The van der Waals surface area contributed by atoms with Crippen LogP contribution in [0.1, 0.15) is 18.2 Å². The normalized spacial score (nSPS) is 16.4. The van der Waals surface area contributed by atoms with Crippen molar-refractivity contribution >= 4 is 46.6 Å². The van der Waals surface area contributed by atoms with Crippen LogP contribution < -0.4 is 10.9 Å². The van der Waals surface area contributed by atoms with Gasteiger partial charge in [-0.05, 0) is 31.5 Å². The molecule has 1 unspecified atom stereocenters. The maximum atomic E-state index is 12.6. The van der Waals surface area contributed by atoms with Gasteiger partial charge in [0.05, 0.1) is 16.6 Å². The molecule has 0 radical (unpaired) electrons. The van der Waals surface area contributed by atoms with Gasteiger partial charge in [0.2, 0.25) is 5.91 Å². The fraction of sp³-hybridized carbons (Fsp3) is 0.353. The number of hydrogen-bond acceptors (Lipinski definition) is 4. The van der Waals surface area contributed by atoms with E-state index in [1.807, 2.05) is 13.8 Å². The Bertz CT molecular complexity index is 898. The smallest absolute Gasteiger partial charge is 0.257 e. The zero-order chi connectivity index (χ0) is 18.1. The first kappa shape index (κ1) is 18.3. The minimum absolute atomic E-state index is 0.0595. The third kappa shape index (κ3) is 3.71. The number of anilines is 1. The number of carbonyl (C=O) groups is 1. The van der Waals surface area contributed by atoms with Crippen LogP contribution >= 0.6 is 35.0 Å². The van der Waals surface area contributed by atoms with Crippen molar-refractivity contribution in [3.63, 3.8) is 0 Å². The Balaban J connectivity index is 1.84. The second-order valence-corrected chi connectivity index (χ2v) is 7.68. The third-order valence-corrected chi connectivity index (χ3v) is 5.87. The predicted molar refractivity (Wildman–Crippen MR) is 102 cm³/mol. The van der Waals surface area contributed by atoms with E-state index in [2.05, 4.69) is 10.3 Å². The van der Waals surface area contributed by atoms with Gasteiger partial charge in [-0.2, -0.15) is 0 Å². The number of thioether (sulfide) groups is 1. The first-order valence-electron chi connectivity index (χ1n) is 7.89. The number of nitrogens with one attached hydrogen (secondary N) is 1. The Morgan fingerprint density at radius 2 is 2.20 bits per heavy atom. The average molecular weight is 398 g/mol. The maximum absolute atomic E-state index is 12.6. The summed E-state index contributed by atoms with van der Waals surface area (Å²) in [6, 6.07) is 4.90. The van der Waals surface area contributed by atoms with Gasteiger partial charge in [-0.15, -0.1) is 0 Å². The Morgan fingerprint density at radius 3 is 2.92 bits per heavy atom. The van der Waals surface area contributed by atoms with Gasteiger partial charge in [-0.25, -0.2) is 4.98 Å². The molecule has 5 nitrogen and oxygen atoms in total. The number of hydrogen-bond donors (Lipinski definition) is 1. The van der Waals surface area contributed by atoms with Gasteiger partial charge in [0.1, 0.15) is 0 Å². The molecule has 25 heavy (non-hydrogen) atoms. The van der Waals surface area contributed by atoms with E-state index in [1.165, 1.54) is 11.8 Å². The van der Waals surface area contributed by atoms with Crippen molar-refractivity contribution in [2.75, 3.05) is 11.1 Å². The first-order chi connectivity index (χ1) is 11.9. The van der Waals surface area contributed by atoms with E-state index in [4.69, 9.17) is 23.2 Å². The molecule has 0 aliphatic carbocycles. The lowest BCUT2D eigenvalue weighted by molar-refractivity contribution is -0.119. The predicted octanol–water partition coefficient (Wildman–Crippen LogP) is 3.78. The average Bonchev–Trinajstić information content (AvgIpc) is 2.58. The highest BCUT2D eigenvalue weighted by Gasteiger charge is 2.28. The molecule has 1 N–H and O–H groups in total. The molecule has 2 heterocycles. The van der Waals surface area contributed by atoms with Crippen LogP contribution in [0.3, 0.4) is 0 Å². The molecule has 1 aromatic heterocycles. The molecule has 1 amide bonds. The number of aromatic nitrogens is 2. The number of amides is 1. The number of nitrogens with zero attached hydrogens (tertiary/aromatic N) is 2. The van der Waals surface area contributed by atoms with Crippen molar-refractivity contribution < 1.29 is 4.79 Å². The summed E-state index contributed by atoms with van der Waals surface area (Å²) in [4.78, 5) is 29.7. The van der Waals surface area contributed by atoms with Crippen LogP contribution in [-0.2, 0) is 17.8 Å². The summed E-state index contributed by atoms with van der Waals surface area (Å²) in [5.74, 6) is 0.0220. The minimum atomic E-state index is -0.348. The molecule has 0 saturated carbocycles. The van der Waals surface area contributed by atoms with Gasteiger partial charge in [-0.3, -0.25) is 14.2 Å². The van der Waals surface area contributed by atoms with Crippen molar-refractivity contribution in [2.24, 2.45) is 5.92 Å². The summed E-state index contributed by atoms with van der Waals surface area (Å²) in [6.07, 6.45) is 0.623. The van der Waals surface area contributed by atoms with E-state index in [1.54, 1.807) is 22.8 Å². The van der Waals surface area contributed by atoms with E-state index in [0.717, 1.165) is 5.69 Å². The number of halogens is 2. The Hall–Kier alpha value is -1.50. The number of rotatable bonds is 3. The Kier molecular flexibility index (Phi) is 5.41. The van der Waals surface area contributed by atoms with Crippen molar-refractivity contribution in [3.05, 3.63) is 49.9 Å². The van der Waals surface area contributed by atoms with Crippen molar-refractivity contribution in [2.45, 2.75) is 32.0 Å². The van der Waals surface area contributed by atoms with E-state index >= 15 is 0 Å². The third-order valence-electron chi connectivity index (χ3n) is 4.16. The number of aryl methyl sites for hydroxylation is 1. The summed E-state index contributed by atoms with van der Waals surface area (Å²) in [5, 5.41) is 4.39. The highest BCUT2D eigenvalue weighted by atomic mass is 35.5. The summed E-state index contributed by atoms with van der Waals surface area (Å²) in [7, 11) is 0. The van der Waals surface area contributed by atoms with E-state index in [9.17, 15) is 9.59 Å². The molecule has 132 valence electrons. The topological polar surface area (TPSA) is 64.0 Å². The molecule has 0 fully saturated rings. The lowest BCUT2D eigenvalue weighted by Gasteiger charge is -2.25. The largest absolute Gasteiger partial charge is 0.324 e. The highest BCUT2D eigenvalue weighted by Crippen LogP contribution is 2.29. The van der Waals surface area contributed by atoms with Gasteiger partial charge in [0.25, 0.3) is 5.56 Å². The fourth-order valence-electron chi connectivity index (χ4n) is 2.79. The van der Waals surface area contributed by atoms with E-state index < -0.39 is 0 Å². The summed E-state index contributed by atoms with van der Waals surface area (Å²) < 4.78 is 1.60. The quantitative estimate of drug-likeness (QED) is 0.800. The highest BCUT2D eigenvalue weighted by molar-refractivity contribution is 7.99. The molecule has 0 bridgehead atoms. The van der Waals surface area contributed by atoms with Gasteiger partial charge in [0, 0.05) is 28.6 Å². The molecule has 2 aromatic rings. The zero-order valence-corrected chi connectivity index (χ0v) is 16.1. The number of fused-ring (bicyclic) bond motifs is 1. The van der Waals surface area contributed by atoms with E-state index in [-0.39, 0.29) is 17.4 Å². The molecule has 3 rings (SSSR count). The second-order valence-electron chi connectivity index (χ2n) is 5.85. The van der Waals surface area contributed by atoms with Crippen LogP contribution in [0.25, 0.3) is 0 Å². The summed E-state index contributed by atoms with van der Waals surface area (Å²) in [6.45, 7) is 4.09. The molecular weight excluding hydrogens is 381 g/mol. The number of benzene rings is 1. The molecule has 1 aliphatic heterocycles. The van der Waals surface area contributed by atoms with Crippen molar-refractivity contribution in [3.8, 4) is 0 Å². The first-order valence-corrected chi connectivity index (χ1v) is 9.64. The summed E-state index contributed by atoms with van der Waals surface area (Å²) in [5.41, 5.74) is 1.87. The van der Waals surface area contributed by atoms with Gasteiger partial charge in [-0.1, -0.05) is 41.9 Å². The fourth-order valence-corrected chi connectivity index (χ4v) is 4.25. The van der Waals surface area contributed by atoms with Crippen LogP contribution in [0.5, 0.6) is 0 Å². The van der Waals surface area contributed by atoms with Gasteiger partial charge < -0.3 is 5.32 Å². The van der Waals surface area contributed by atoms with Crippen molar-refractivity contribution in [1.82, 2.24) is 9.55 Å². The van der Waals surface area contributed by atoms with E-state index in [0.29, 0.717) is 45.2 Å². The minimum Gasteiger partial charge on any atom is -0.324 e. The Labute approximate surface area is 159 Å². The van der Waals surface area contributed by atoms with Crippen LogP contribution in [0, 0.1) is 12.8 Å². The standard InChI is InChI=1S/C17H17Cl2N3O2S/c1-3-12-9(2)20-17-22(16(12)24)7-10(8-25-17)15(23)21-14-6-11(18)4-5-13(14)19/h4-6,10H,3,7-8H2,1-2H3,(H,21,23). The second kappa shape index (κ2) is 7.40. The molecule has 8 heteroatoms. The van der Waals surface area contributed by atoms with Crippen LogP contribution in [0.4, 0.5) is 5.69 Å². The molecule has 0 spiro atoms. The lowest BCUT2D eigenvalue weighted by Crippen LogP contribution is -2.38. The van der Waals surface area contributed by atoms with Crippen LogP contribution in [0.2, 0.25) is 10.0 Å². The SMILES string of the molecule is CCc1c(C)nc2n(c1=O)CC(C(=O)Nc1cc(Cl)ccc1Cl)CS2. The molecule has 1 atom stereocenters. The van der Waals surface area contributed by atoms with Crippen LogP contribution in [0.15, 0.2) is 28.2 Å². The van der Waals surface area contributed by atoms with Crippen molar-refractivity contribution in [1.29, 1.82) is 0 Å². The monoisotopic (exact) mass is 397 g/mol. The maximum Gasteiger partial charge on any atom is 0.257 e. The lowest BCUT2D eigenvalue weighted by atomic mass is 10.1. The molecular formula is C17H17Cl2N3O2S.